The fourth-order valence-electron chi connectivity index (χ4n) is 12.8. The van der Waals surface area contributed by atoms with E-state index < -0.39 is 0 Å². The largest absolute Gasteiger partial charge is 0.103 e. The standard InChI is InChI=1S/C24H42.C23H40/c1-3-5-19-7-11-21(12-8-19)23-15-17-24(18-16-23)22-13-9-20(6-4-2)10-14-22;1-3-5-19-8-12-21(13-9-19)23-16-14-22(15-17-23)20-10-6-18(4-2)7-11-20/h3,5,19-24H,4,6-18H2,1-2H3;4,18-23H,2-3,5-17H2,1H3/b5-3+;. The van der Waals surface area contributed by atoms with Crippen molar-refractivity contribution in [3.63, 3.8) is 0 Å². The van der Waals surface area contributed by atoms with Crippen molar-refractivity contribution < 1.29 is 0 Å². The highest BCUT2D eigenvalue weighted by atomic mass is 14.4. The second-order valence-electron chi connectivity index (χ2n) is 18.6. The Morgan fingerprint density at radius 1 is 0.383 bits per heavy atom. The Balaban J connectivity index is 0.000000185. The molecule has 6 aliphatic carbocycles. The molecule has 270 valence electrons. The first kappa shape index (κ1) is 37.7. The number of hydrogen-bond donors (Lipinski definition) is 0. The van der Waals surface area contributed by atoms with Crippen LogP contribution in [0.2, 0.25) is 0 Å². The van der Waals surface area contributed by atoms with Crippen LogP contribution in [-0.2, 0) is 0 Å². The van der Waals surface area contributed by atoms with E-state index in [-0.39, 0.29) is 0 Å². The molecule has 47 heavy (non-hydrogen) atoms. The molecule has 0 N–H and O–H groups in total. The maximum atomic E-state index is 4.00. The Labute approximate surface area is 295 Å². The number of hydrogen-bond acceptors (Lipinski definition) is 0. The maximum Gasteiger partial charge on any atom is -0.0233 e. The summed E-state index contributed by atoms with van der Waals surface area (Å²) in [4.78, 5) is 0. The summed E-state index contributed by atoms with van der Waals surface area (Å²) in [5.74, 6) is 12.6. The summed E-state index contributed by atoms with van der Waals surface area (Å²) >= 11 is 0. The molecule has 0 bridgehead atoms. The van der Waals surface area contributed by atoms with Gasteiger partial charge in [0.2, 0.25) is 0 Å². The van der Waals surface area contributed by atoms with Crippen molar-refractivity contribution in [1.29, 1.82) is 0 Å². The van der Waals surface area contributed by atoms with Crippen LogP contribution in [0.3, 0.4) is 0 Å². The van der Waals surface area contributed by atoms with Gasteiger partial charge < -0.3 is 0 Å². The van der Waals surface area contributed by atoms with Gasteiger partial charge >= 0.3 is 0 Å². The average molecular weight is 647 g/mol. The normalized spacial score (nSPS) is 41.9. The van der Waals surface area contributed by atoms with E-state index >= 15 is 0 Å². The zero-order chi connectivity index (χ0) is 32.8. The molecule has 0 atom stereocenters. The first-order valence-electron chi connectivity index (χ1n) is 22.3. The SMILES string of the molecule is C/C=C/C1CCC(C2CCC(C3CCC(CCC)CC3)CC2)CC1.C=CC1CCC(C2CCC(C3CCC(CCC)CC3)CC2)CC1. The lowest BCUT2D eigenvalue weighted by Gasteiger charge is -2.41. The van der Waals surface area contributed by atoms with Crippen LogP contribution in [0, 0.1) is 71.0 Å². The van der Waals surface area contributed by atoms with Gasteiger partial charge in [0, 0.05) is 0 Å². The van der Waals surface area contributed by atoms with Crippen molar-refractivity contribution >= 4 is 0 Å². The van der Waals surface area contributed by atoms with E-state index in [0.717, 1.165) is 71.0 Å². The van der Waals surface area contributed by atoms with Gasteiger partial charge in [-0.3, -0.25) is 0 Å². The highest BCUT2D eigenvalue weighted by Crippen LogP contribution is 2.48. The summed E-state index contributed by atoms with van der Waals surface area (Å²) in [5, 5.41) is 0. The fraction of sp³-hybridized carbons (Fsp3) is 0.915. The van der Waals surface area contributed by atoms with E-state index in [0.29, 0.717) is 0 Å². The van der Waals surface area contributed by atoms with E-state index in [9.17, 15) is 0 Å². The van der Waals surface area contributed by atoms with Gasteiger partial charge in [-0.2, -0.15) is 0 Å². The minimum absolute atomic E-state index is 0.834. The average Bonchev–Trinajstić information content (AvgIpc) is 3.14. The van der Waals surface area contributed by atoms with Gasteiger partial charge in [0.15, 0.2) is 0 Å². The van der Waals surface area contributed by atoms with Gasteiger partial charge in [-0.05, 0) is 206 Å². The zero-order valence-electron chi connectivity index (χ0n) is 32.2. The van der Waals surface area contributed by atoms with Crippen molar-refractivity contribution in [3.05, 3.63) is 24.8 Å². The number of allylic oxidation sites excluding steroid dienone is 3. The Bertz CT molecular complexity index is 834. The summed E-state index contributed by atoms with van der Waals surface area (Å²) in [5.41, 5.74) is 0. The molecule has 0 aromatic heterocycles. The maximum absolute atomic E-state index is 4.00. The molecular weight excluding hydrogens is 565 g/mol. The summed E-state index contributed by atoms with van der Waals surface area (Å²) in [7, 11) is 0. The summed E-state index contributed by atoms with van der Waals surface area (Å²) in [6.07, 6.45) is 49.5. The smallest absolute Gasteiger partial charge is 0.0233 e. The van der Waals surface area contributed by atoms with Crippen LogP contribution in [0.25, 0.3) is 0 Å². The summed E-state index contributed by atoms with van der Waals surface area (Å²) in [6, 6.07) is 0. The van der Waals surface area contributed by atoms with Crippen LogP contribution < -0.4 is 0 Å². The summed E-state index contributed by atoms with van der Waals surface area (Å²) in [6.45, 7) is 10.9. The lowest BCUT2D eigenvalue weighted by molar-refractivity contribution is 0.107. The van der Waals surface area contributed by atoms with Gasteiger partial charge in [0.1, 0.15) is 0 Å². The Morgan fingerprint density at radius 3 is 0.894 bits per heavy atom. The van der Waals surface area contributed by atoms with Gasteiger partial charge in [0.25, 0.3) is 0 Å². The molecular formula is C47H82. The van der Waals surface area contributed by atoms with E-state index in [1.807, 2.05) is 0 Å². The van der Waals surface area contributed by atoms with Crippen LogP contribution in [0.5, 0.6) is 0 Å². The van der Waals surface area contributed by atoms with Crippen LogP contribution in [0.1, 0.15) is 201 Å². The first-order chi connectivity index (χ1) is 23.1. The second-order valence-corrected chi connectivity index (χ2v) is 18.6. The highest BCUT2D eigenvalue weighted by Gasteiger charge is 2.36. The molecule has 6 aliphatic rings. The molecule has 6 rings (SSSR count). The third-order valence-electron chi connectivity index (χ3n) is 15.9. The molecule has 0 aromatic carbocycles. The molecule has 0 aliphatic heterocycles. The van der Waals surface area contributed by atoms with E-state index in [4.69, 9.17) is 0 Å². The van der Waals surface area contributed by atoms with Crippen LogP contribution in [0.4, 0.5) is 0 Å². The topological polar surface area (TPSA) is 0 Å². The van der Waals surface area contributed by atoms with Crippen LogP contribution in [-0.4, -0.2) is 0 Å². The molecule has 0 saturated heterocycles. The number of rotatable bonds is 10. The Morgan fingerprint density at radius 2 is 0.638 bits per heavy atom. The molecule has 0 spiro atoms. The second kappa shape index (κ2) is 20.4. The molecule has 0 heteroatoms. The monoisotopic (exact) mass is 647 g/mol. The van der Waals surface area contributed by atoms with Gasteiger partial charge in [-0.25, -0.2) is 0 Å². The Kier molecular flexibility index (Phi) is 16.3. The highest BCUT2D eigenvalue weighted by molar-refractivity contribution is 4.92. The lowest BCUT2D eigenvalue weighted by Crippen LogP contribution is -2.29. The van der Waals surface area contributed by atoms with E-state index in [2.05, 4.69) is 45.6 Å². The predicted octanol–water partition coefficient (Wildman–Crippen LogP) is 15.2. The van der Waals surface area contributed by atoms with Crippen molar-refractivity contribution in [2.75, 3.05) is 0 Å². The van der Waals surface area contributed by atoms with Crippen LogP contribution >= 0.6 is 0 Å². The quantitative estimate of drug-likeness (QED) is 0.207. The minimum atomic E-state index is 0.834. The third-order valence-corrected chi connectivity index (χ3v) is 15.9. The molecule has 0 amide bonds. The van der Waals surface area contributed by atoms with E-state index in [1.54, 1.807) is 103 Å². The Hall–Kier alpha value is -0.520. The van der Waals surface area contributed by atoms with E-state index in [1.165, 1.54) is 77.0 Å². The molecule has 6 saturated carbocycles. The van der Waals surface area contributed by atoms with Crippen LogP contribution in [0.15, 0.2) is 24.8 Å². The van der Waals surface area contributed by atoms with Crippen molar-refractivity contribution in [1.82, 2.24) is 0 Å². The first-order valence-corrected chi connectivity index (χ1v) is 22.3. The zero-order valence-corrected chi connectivity index (χ0v) is 32.2. The molecule has 0 aromatic rings. The van der Waals surface area contributed by atoms with Gasteiger partial charge in [-0.15, -0.1) is 6.58 Å². The minimum Gasteiger partial charge on any atom is -0.103 e. The molecule has 0 radical (unpaired) electrons. The third kappa shape index (κ3) is 11.5. The van der Waals surface area contributed by atoms with Crippen molar-refractivity contribution in [2.24, 2.45) is 71.0 Å². The molecule has 6 fully saturated rings. The van der Waals surface area contributed by atoms with Gasteiger partial charge in [0.05, 0.1) is 0 Å². The predicted molar refractivity (Wildman–Crippen MR) is 208 cm³/mol. The molecule has 0 unspecified atom stereocenters. The lowest BCUT2D eigenvalue weighted by atomic mass is 9.65. The molecule has 0 nitrogen and oxygen atoms in total. The van der Waals surface area contributed by atoms with Crippen molar-refractivity contribution in [3.8, 4) is 0 Å². The molecule has 0 heterocycles. The van der Waals surface area contributed by atoms with Gasteiger partial charge in [-0.1, -0.05) is 83.4 Å². The van der Waals surface area contributed by atoms with Crippen molar-refractivity contribution in [2.45, 2.75) is 201 Å². The summed E-state index contributed by atoms with van der Waals surface area (Å²) < 4.78 is 0. The fourth-order valence-corrected chi connectivity index (χ4v) is 12.8.